The number of nitrogens with one attached hydrogen (secondary N) is 3. The molecule has 0 amide bonds. The van der Waals surface area contributed by atoms with Crippen molar-refractivity contribution >= 4 is 55.8 Å². The number of anilines is 5. The fourth-order valence-electron chi connectivity index (χ4n) is 4.08. The van der Waals surface area contributed by atoms with Gasteiger partial charge in [0.1, 0.15) is 5.82 Å². The molecule has 0 unspecified atom stereocenters. The van der Waals surface area contributed by atoms with Gasteiger partial charge in [-0.25, -0.2) is 9.97 Å². The van der Waals surface area contributed by atoms with Crippen LogP contribution in [0.5, 0.6) is 0 Å². The normalized spacial score (nSPS) is 14.9. The van der Waals surface area contributed by atoms with Crippen molar-refractivity contribution in [1.29, 1.82) is 0 Å². The van der Waals surface area contributed by atoms with Gasteiger partial charge >= 0.3 is 6.18 Å². The maximum Gasteiger partial charge on any atom is 0.449 e. The number of rotatable bonds is 6. The van der Waals surface area contributed by atoms with Crippen molar-refractivity contribution in [2.24, 2.45) is 0 Å². The molecule has 1 aliphatic heterocycles. The van der Waals surface area contributed by atoms with Crippen LogP contribution in [0.2, 0.25) is 0 Å². The lowest BCUT2D eigenvalue weighted by atomic mass is 10.2. The van der Waals surface area contributed by atoms with Gasteiger partial charge in [-0.3, -0.25) is 0 Å². The number of imidazole rings is 1. The molecule has 1 saturated heterocycles. The Kier molecular flexibility index (Phi) is 6.71. The number of aromatic amines is 1. The van der Waals surface area contributed by atoms with Crippen LogP contribution in [0.4, 0.5) is 42.0 Å². The van der Waals surface area contributed by atoms with E-state index in [0.29, 0.717) is 27.4 Å². The summed E-state index contributed by atoms with van der Waals surface area (Å²) < 4.78 is 39.5. The van der Waals surface area contributed by atoms with Gasteiger partial charge in [0.2, 0.25) is 11.8 Å². The van der Waals surface area contributed by atoms with Gasteiger partial charge in [0.25, 0.3) is 0 Å². The van der Waals surface area contributed by atoms with E-state index < -0.39 is 12.0 Å². The monoisotopic (exact) mass is 560 g/mol. The smallest absolute Gasteiger partial charge is 0.369 e. The van der Waals surface area contributed by atoms with Gasteiger partial charge in [-0.2, -0.15) is 18.2 Å². The number of hydrogen-bond acceptors (Lipinski definition) is 7. The van der Waals surface area contributed by atoms with Crippen LogP contribution in [0, 0.1) is 0 Å². The van der Waals surface area contributed by atoms with Crippen LogP contribution in [0.25, 0.3) is 11.0 Å². The molecule has 12 heteroatoms. The zero-order chi connectivity index (χ0) is 25.3. The molecule has 0 saturated carbocycles. The number of H-pyrrole nitrogens is 1. The summed E-state index contributed by atoms with van der Waals surface area (Å²) in [6.07, 6.45) is -2.93. The summed E-state index contributed by atoms with van der Waals surface area (Å²) in [5.41, 5.74) is 3.06. The molecule has 5 rings (SSSR count). The van der Waals surface area contributed by atoms with Crippen LogP contribution in [0.15, 0.2) is 53.1 Å². The Morgan fingerprint density at radius 1 is 0.972 bits per heavy atom. The minimum atomic E-state index is -4.54. The highest BCUT2D eigenvalue weighted by atomic mass is 79.9. The number of hydrogen-bond donors (Lipinski definition) is 3. The highest BCUT2D eigenvalue weighted by Crippen LogP contribution is 2.31. The second-order valence-corrected chi connectivity index (χ2v) is 9.28. The molecule has 0 radical (unpaired) electrons. The van der Waals surface area contributed by atoms with Gasteiger partial charge in [0.05, 0.1) is 15.5 Å². The summed E-state index contributed by atoms with van der Waals surface area (Å²) >= 11 is 3.42. The first-order chi connectivity index (χ1) is 17.3. The van der Waals surface area contributed by atoms with E-state index in [1.165, 1.54) is 17.8 Å². The molecular formula is C24H24BrF3N8. The molecule has 8 nitrogen and oxygen atoms in total. The van der Waals surface area contributed by atoms with E-state index in [4.69, 9.17) is 0 Å². The summed E-state index contributed by atoms with van der Waals surface area (Å²) in [5.74, 6) is -0.187. The van der Waals surface area contributed by atoms with E-state index in [1.54, 1.807) is 12.3 Å². The number of likely N-dealkylation sites (N-methyl/N-ethyl adjacent to an activating group) is 1. The van der Waals surface area contributed by atoms with Crippen LogP contribution in [-0.4, -0.2) is 57.6 Å². The van der Waals surface area contributed by atoms with Gasteiger partial charge in [-0.15, -0.1) is 0 Å². The molecule has 1 fully saturated rings. The Bertz CT molecular complexity index is 1350. The zero-order valence-corrected chi connectivity index (χ0v) is 21.0. The summed E-state index contributed by atoms with van der Waals surface area (Å²) in [5, 5.41) is 6.32. The summed E-state index contributed by atoms with van der Waals surface area (Å²) in [4.78, 5) is 19.6. The molecule has 2 aromatic carbocycles. The highest BCUT2D eigenvalue weighted by Gasteiger charge is 2.34. The molecule has 0 spiro atoms. The predicted octanol–water partition coefficient (Wildman–Crippen LogP) is 5.76. The molecule has 188 valence electrons. The minimum Gasteiger partial charge on any atom is -0.369 e. The lowest BCUT2D eigenvalue weighted by molar-refractivity contribution is -0.144. The first kappa shape index (κ1) is 24.3. The van der Waals surface area contributed by atoms with Crippen LogP contribution < -0.4 is 15.5 Å². The minimum absolute atomic E-state index is 0.201. The van der Waals surface area contributed by atoms with Crippen LogP contribution in [-0.2, 0) is 6.18 Å². The van der Waals surface area contributed by atoms with Gasteiger partial charge in [0.15, 0.2) is 0 Å². The van der Waals surface area contributed by atoms with E-state index in [0.717, 1.165) is 38.4 Å². The molecule has 2 aromatic heterocycles. The van der Waals surface area contributed by atoms with Crippen molar-refractivity contribution in [3.63, 3.8) is 0 Å². The first-order valence-corrected chi connectivity index (χ1v) is 12.3. The average molecular weight is 561 g/mol. The summed E-state index contributed by atoms with van der Waals surface area (Å²) in [6.45, 7) is 7.41. The summed E-state index contributed by atoms with van der Waals surface area (Å²) in [7, 11) is 0. The molecule has 0 bridgehead atoms. The predicted molar refractivity (Wildman–Crippen MR) is 138 cm³/mol. The van der Waals surface area contributed by atoms with E-state index in [1.807, 2.05) is 12.1 Å². The maximum absolute atomic E-state index is 13.0. The number of benzene rings is 2. The van der Waals surface area contributed by atoms with Gasteiger partial charge < -0.3 is 25.4 Å². The number of nitrogens with zero attached hydrogens (tertiary/aromatic N) is 5. The Labute approximate surface area is 214 Å². The van der Waals surface area contributed by atoms with Crippen molar-refractivity contribution in [3.05, 3.63) is 59.0 Å². The number of halogens is 4. The number of aromatic nitrogens is 4. The van der Waals surface area contributed by atoms with Crippen molar-refractivity contribution in [2.45, 2.75) is 13.1 Å². The number of fused-ring (bicyclic) bond motifs is 1. The fraction of sp³-hybridized carbons (Fsp3) is 0.292. The van der Waals surface area contributed by atoms with E-state index in [9.17, 15) is 13.2 Å². The number of alkyl halides is 3. The quantitative estimate of drug-likeness (QED) is 0.276. The average Bonchev–Trinajstić information content (AvgIpc) is 3.31. The highest BCUT2D eigenvalue weighted by molar-refractivity contribution is 9.10. The van der Waals surface area contributed by atoms with Gasteiger partial charge in [-0.1, -0.05) is 6.92 Å². The molecule has 1 aliphatic rings. The van der Waals surface area contributed by atoms with Crippen molar-refractivity contribution in [3.8, 4) is 0 Å². The van der Waals surface area contributed by atoms with Crippen LogP contribution in [0.1, 0.15) is 12.7 Å². The second kappa shape index (κ2) is 9.94. The van der Waals surface area contributed by atoms with Crippen molar-refractivity contribution < 1.29 is 13.2 Å². The molecule has 4 aromatic rings. The molecule has 0 aliphatic carbocycles. The van der Waals surface area contributed by atoms with Gasteiger partial charge in [0, 0.05) is 49.4 Å². The third-order valence-electron chi connectivity index (χ3n) is 6.07. The van der Waals surface area contributed by atoms with Crippen LogP contribution >= 0.6 is 15.9 Å². The largest absolute Gasteiger partial charge is 0.449 e. The standard InChI is InChI=1S/C24H24BrF3N8/c1-2-35-9-11-36(12-10-35)17-6-3-15(4-7-17)31-23-29-14-18(25)21(34-23)30-16-5-8-19-20(13-16)33-22(32-19)24(26,27)28/h3-8,13-14H,2,9-12H2,1H3,(H,32,33)(H2,29,30,31,34). The fourth-order valence-corrected chi connectivity index (χ4v) is 4.37. The number of piperazine rings is 1. The second-order valence-electron chi connectivity index (χ2n) is 8.42. The SMILES string of the molecule is CCN1CCN(c2ccc(Nc3ncc(Br)c(Nc4ccc5[nH]c(C(F)(F)F)nc5c4)n3)cc2)CC1. The Hall–Kier alpha value is -3.38. The Morgan fingerprint density at radius 3 is 2.39 bits per heavy atom. The topological polar surface area (TPSA) is 85.0 Å². The molecule has 3 N–H and O–H groups in total. The van der Waals surface area contributed by atoms with Gasteiger partial charge in [-0.05, 0) is 64.9 Å². The maximum atomic E-state index is 13.0. The lowest BCUT2D eigenvalue weighted by Gasteiger charge is -2.35. The molecule has 0 atom stereocenters. The molecule has 3 heterocycles. The lowest BCUT2D eigenvalue weighted by Crippen LogP contribution is -2.46. The molecular weight excluding hydrogens is 537 g/mol. The Morgan fingerprint density at radius 2 is 1.69 bits per heavy atom. The third-order valence-corrected chi connectivity index (χ3v) is 6.65. The van der Waals surface area contributed by atoms with Crippen molar-refractivity contribution in [2.75, 3.05) is 48.3 Å². The van der Waals surface area contributed by atoms with Crippen LogP contribution in [0.3, 0.4) is 0 Å². The van der Waals surface area contributed by atoms with Crippen molar-refractivity contribution in [1.82, 2.24) is 24.8 Å². The Balaban J connectivity index is 1.28. The van der Waals surface area contributed by atoms with E-state index in [2.05, 4.69) is 75.4 Å². The third kappa shape index (κ3) is 5.39. The van der Waals surface area contributed by atoms with E-state index in [-0.39, 0.29) is 5.52 Å². The zero-order valence-electron chi connectivity index (χ0n) is 19.4. The first-order valence-electron chi connectivity index (χ1n) is 11.5. The molecule has 36 heavy (non-hydrogen) atoms. The summed E-state index contributed by atoms with van der Waals surface area (Å²) in [6, 6.07) is 12.9. The van der Waals surface area contributed by atoms with E-state index >= 15 is 0 Å².